The third-order valence-electron chi connectivity index (χ3n) is 2.94. The van der Waals surface area contributed by atoms with E-state index in [1.165, 1.54) is 4.68 Å². The van der Waals surface area contributed by atoms with Crippen LogP contribution in [0.3, 0.4) is 0 Å². The molecule has 114 valence electrons. The van der Waals surface area contributed by atoms with Crippen LogP contribution in [-0.4, -0.2) is 40.9 Å². The third kappa shape index (κ3) is 4.62. The van der Waals surface area contributed by atoms with Gasteiger partial charge in [0, 0.05) is 17.3 Å². The average molecular weight is 374 g/mol. The molecule has 1 heterocycles. The van der Waals surface area contributed by atoms with Crippen LogP contribution in [0.15, 0.2) is 39.8 Å². The van der Waals surface area contributed by atoms with Crippen LogP contribution >= 0.6 is 15.9 Å². The van der Waals surface area contributed by atoms with E-state index in [1.54, 1.807) is 30.5 Å². The van der Waals surface area contributed by atoms with Gasteiger partial charge in [-0.05, 0) is 37.1 Å². The van der Waals surface area contributed by atoms with E-state index in [1.807, 2.05) is 0 Å². The quantitative estimate of drug-likeness (QED) is 0.793. The molecule has 0 radical (unpaired) electrons. The maximum absolute atomic E-state index is 12.2. The monoisotopic (exact) mass is 373 g/mol. The van der Waals surface area contributed by atoms with Gasteiger partial charge in [-0.15, -0.1) is 5.10 Å². The first-order valence-electron chi connectivity index (χ1n) is 6.49. The average Bonchev–Trinajstić information content (AvgIpc) is 2.91. The minimum atomic E-state index is -3.33. The highest BCUT2D eigenvalue weighted by atomic mass is 79.9. The SMILES string of the molecule is O=S(=O)(CCn1cc(CCCO)nn1)c1ccc(Br)cc1. The molecule has 0 saturated carbocycles. The Kier molecular flexibility index (Phi) is 5.49. The molecule has 0 bridgehead atoms. The number of nitrogens with zero attached hydrogens (tertiary/aromatic N) is 3. The van der Waals surface area contributed by atoms with E-state index >= 15 is 0 Å². The number of halogens is 1. The van der Waals surface area contributed by atoms with Crippen molar-refractivity contribution in [3.05, 3.63) is 40.6 Å². The van der Waals surface area contributed by atoms with Gasteiger partial charge in [-0.1, -0.05) is 21.1 Å². The lowest BCUT2D eigenvalue weighted by atomic mass is 10.3. The summed E-state index contributed by atoms with van der Waals surface area (Å²) in [6, 6.07) is 6.56. The van der Waals surface area contributed by atoms with Crippen LogP contribution in [-0.2, 0) is 22.8 Å². The van der Waals surface area contributed by atoms with Gasteiger partial charge in [0.2, 0.25) is 0 Å². The molecule has 6 nitrogen and oxygen atoms in total. The Morgan fingerprint density at radius 2 is 1.95 bits per heavy atom. The predicted molar refractivity (Wildman–Crippen MR) is 81.6 cm³/mol. The number of aliphatic hydroxyl groups is 1. The smallest absolute Gasteiger partial charge is 0.180 e. The number of rotatable bonds is 7. The van der Waals surface area contributed by atoms with Crippen LogP contribution in [0.5, 0.6) is 0 Å². The normalized spacial score (nSPS) is 11.7. The van der Waals surface area contributed by atoms with Gasteiger partial charge in [0.25, 0.3) is 0 Å². The summed E-state index contributed by atoms with van der Waals surface area (Å²) in [5, 5.41) is 16.6. The zero-order chi connectivity index (χ0) is 15.3. The number of hydrogen-bond donors (Lipinski definition) is 1. The molecule has 1 aromatic carbocycles. The van der Waals surface area contributed by atoms with Gasteiger partial charge in [-0.2, -0.15) is 0 Å². The van der Waals surface area contributed by atoms with Crippen LogP contribution < -0.4 is 0 Å². The Balaban J connectivity index is 1.98. The molecule has 8 heteroatoms. The first-order chi connectivity index (χ1) is 10.0. The van der Waals surface area contributed by atoms with Crippen LogP contribution in [0, 0.1) is 0 Å². The second-order valence-electron chi connectivity index (χ2n) is 4.57. The van der Waals surface area contributed by atoms with E-state index in [0.29, 0.717) is 17.7 Å². The van der Waals surface area contributed by atoms with Gasteiger partial charge in [0.1, 0.15) is 0 Å². The standard InChI is InChI=1S/C13H16BrN3O3S/c14-11-3-5-13(6-4-11)21(19,20)9-7-17-10-12(15-16-17)2-1-8-18/h3-6,10,18H,1-2,7-9H2. The first kappa shape index (κ1) is 16.1. The second kappa shape index (κ2) is 7.15. The van der Waals surface area contributed by atoms with Crippen molar-refractivity contribution in [1.29, 1.82) is 0 Å². The van der Waals surface area contributed by atoms with Gasteiger partial charge in [-0.3, -0.25) is 4.68 Å². The fourth-order valence-corrected chi connectivity index (χ4v) is 3.27. The van der Waals surface area contributed by atoms with Crippen LogP contribution in [0.4, 0.5) is 0 Å². The van der Waals surface area contributed by atoms with E-state index in [0.717, 1.165) is 10.2 Å². The lowest BCUT2D eigenvalue weighted by Gasteiger charge is -2.04. The molecule has 2 aromatic rings. The summed E-state index contributed by atoms with van der Waals surface area (Å²) >= 11 is 3.28. The highest BCUT2D eigenvalue weighted by Crippen LogP contribution is 2.16. The highest BCUT2D eigenvalue weighted by Gasteiger charge is 2.14. The molecule has 2 rings (SSSR count). The molecule has 0 aliphatic rings. The summed E-state index contributed by atoms with van der Waals surface area (Å²) in [5.74, 6) is -0.0303. The second-order valence-corrected chi connectivity index (χ2v) is 7.60. The van der Waals surface area contributed by atoms with Crippen molar-refractivity contribution in [3.63, 3.8) is 0 Å². The maximum Gasteiger partial charge on any atom is 0.180 e. The first-order valence-corrected chi connectivity index (χ1v) is 8.94. The van der Waals surface area contributed by atoms with Gasteiger partial charge in [-0.25, -0.2) is 8.42 Å². The van der Waals surface area contributed by atoms with Gasteiger partial charge >= 0.3 is 0 Å². The summed E-state index contributed by atoms with van der Waals surface area (Å²) in [6.45, 7) is 0.356. The van der Waals surface area contributed by atoms with E-state index in [9.17, 15) is 8.42 Å². The van der Waals surface area contributed by atoms with Gasteiger partial charge in [0.05, 0.1) is 22.9 Å². The molecule has 0 atom stereocenters. The molecule has 1 aromatic heterocycles. The molecule has 0 aliphatic carbocycles. The number of benzene rings is 1. The fraction of sp³-hybridized carbons (Fsp3) is 0.385. The Morgan fingerprint density at radius 3 is 2.62 bits per heavy atom. The Morgan fingerprint density at radius 1 is 1.24 bits per heavy atom. The molecule has 0 spiro atoms. The molecule has 0 unspecified atom stereocenters. The minimum Gasteiger partial charge on any atom is -0.396 e. The molecular formula is C13H16BrN3O3S. The van der Waals surface area contributed by atoms with Crippen molar-refractivity contribution in [2.45, 2.75) is 24.3 Å². The zero-order valence-electron chi connectivity index (χ0n) is 11.3. The molecular weight excluding hydrogens is 358 g/mol. The number of aryl methyl sites for hydroxylation is 2. The highest BCUT2D eigenvalue weighted by molar-refractivity contribution is 9.10. The van der Waals surface area contributed by atoms with Crippen LogP contribution in [0.2, 0.25) is 0 Å². The van der Waals surface area contributed by atoms with Crippen LogP contribution in [0.25, 0.3) is 0 Å². The summed E-state index contributed by atoms with van der Waals surface area (Å²) in [7, 11) is -3.33. The molecule has 1 N–H and O–H groups in total. The summed E-state index contributed by atoms with van der Waals surface area (Å²) < 4.78 is 26.7. The molecule has 0 saturated heterocycles. The lowest BCUT2D eigenvalue weighted by molar-refractivity contribution is 0.288. The largest absolute Gasteiger partial charge is 0.396 e. The van der Waals surface area contributed by atoms with Crippen LogP contribution in [0.1, 0.15) is 12.1 Å². The topological polar surface area (TPSA) is 85.1 Å². The fourth-order valence-electron chi connectivity index (χ4n) is 1.80. The third-order valence-corrected chi connectivity index (χ3v) is 5.18. The van der Waals surface area contributed by atoms with Gasteiger partial charge in [0.15, 0.2) is 9.84 Å². The summed E-state index contributed by atoms with van der Waals surface area (Å²) in [6.07, 6.45) is 2.97. The van der Waals surface area contributed by atoms with Gasteiger partial charge < -0.3 is 5.11 Å². The summed E-state index contributed by atoms with van der Waals surface area (Å²) in [5.41, 5.74) is 0.755. The Bertz CT molecular complexity index is 683. The van der Waals surface area contributed by atoms with Crippen molar-refractivity contribution in [2.75, 3.05) is 12.4 Å². The van der Waals surface area contributed by atoms with E-state index in [2.05, 4.69) is 26.2 Å². The zero-order valence-corrected chi connectivity index (χ0v) is 13.7. The van der Waals surface area contributed by atoms with Crippen molar-refractivity contribution in [1.82, 2.24) is 15.0 Å². The summed E-state index contributed by atoms with van der Waals surface area (Å²) in [4.78, 5) is 0.298. The van der Waals surface area contributed by atoms with E-state index in [4.69, 9.17) is 5.11 Å². The van der Waals surface area contributed by atoms with E-state index < -0.39 is 9.84 Å². The van der Waals surface area contributed by atoms with Crippen molar-refractivity contribution >= 4 is 25.8 Å². The van der Waals surface area contributed by atoms with Crippen molar-refractivity contribution in [3.8, 4) is 0 Å². The minimum absolute atomic E-state index is 0.0303. The van der Waals surface area contributed by atoms with Crippen molar-refractivity contribution in [2.24, 2.45) is 0 Å². The number of aromatic nitrogens is 3. The molecule has 0 aliphatic heterocycles. The van der Waals surface area contributed by atoms with Crippen molar-refractivity contribution < 1.29 is 13.5 Å². The Hall–Kier alpha value is -1.25. The maximum atomic E-state index is 12.2. The van der Waals surface area contributed by atoms with E-state index in [-0.39, 0.29) is 18.9 Å². The lowest BCUT2D eigenvalue weighted by Crippen LogP contribution is -2.13. The number of hydrogen-bond acceptors (Lipinski definition) is 5. The Labute approximate surface area is 131 Å². The molecule has 0 amide bonds. The molecule has 0 fully saturated rings. The number of aliphatic hydroxyl groups excluding tert-OH is 1. The number of sulfone groups is 1. The predicted octanol–water partition coefficient (Wildman–Crippen LogP) is 1.44. The molecule has 21 heavy (non-hydrogen) atoms.